The van der Waals surface area contributed by atoms with Gasteiger partial charge in [-0.15, -0.1) is 0 Å². The summed E-state index contributed by atoms with van der Waals surface area (Å²) >= 11 is 0. The molecule has 0 aromatic rings. The lowest BCUT2D eigenvalue weighted by Gasteiger charge is -2.26. The fourth-order valence-electron chi connectivity index (χ4n) is 3.74. The molecule has 0 radical (unpaired) electrons. The van der Waals surface area contributed by atoms with Crippen molar-refractivity contribution in [3.63, 3.8) is 0 Å². The van der Waals surface area contributed by atoms with Crippen molar-refractivity contribution < 1.29 is 19.2 Å². The number of aliphatic imine (C=N–C) groups is 4. The van der Waals surface area contributed by atoms with Gasteiger partial charge >= 0.3 is 0 Å². The highest BCUT2D eigenvalue weighted by Crippen LogP contribution is 2.29. The number of carbonyl (C=O) groups is 4. The Hall–Kier alpha value is -2.64. The molecule has 2 unspecified atom stereocenters. The van der Waals surface area contributed by atoms with Gasteiger partial charge in [0.2, 0.25) is 0 Å². The van der Waals surface area contributed by atoms with Crippen LogP contribution in [0.15, 0.2) is 20.0 Å². The average molecular weight is 477 g/mol. The van der Waals surface area contributed by atoms with Gasteiger partial charge in [-0.25, -0.2) is 0 Å². The Balaban J connectivity index is 0. The summed E-state index contributed by atoms with van der Waals surface area (Å²) in [7, 11) is 0. The van der Waals surface area contributed by atoms with Gasteiger partial charge in [0.05, 0.1) is 24.9 Å². The molecule has 0 aliphatic carbocycles. The summed E-state index contributed by atoms with van der Waals surface area (Å²) in [6.07, 6.45) is 12.0. The van der Waals surface area contributed by atoms with E-state index in [4.69, 9.17) is 0 Å². The van der Waals surface area contributed by atoms with E-state index >= 15 is 0 Å². The lowest BCUT2D eigenvalue weighted by molar-refractivity contribution is -0.103. The van der Waals surface area contributed by atoms with Crippen molar-refractivity contribution in [2.75, 3.05) is 26.2 Å². The van der Waals surface area contributed by atoms with Crippen LogP contribution in [0.5, 0.6) is 0 Å². The van der Waals surface area contributed by atoms with Crippen LogP contribution in [0, 0.1) is 22.7 Å². The molecule has 0 fully saturated rings. The Bertz CT molecular complexity index is 682. The summed E-state index contributed by atoms with van der Waals surface area (Å²) in [5, 5.41) is 0. The molecule has 0 saturated carbocycles. The quantitative estimate of drug-likeness (QED) is 0.220. The van der Waals surface area contributed by atoms with Gasteiger partial charge in [0, 0.05) is 26.2 Å². The van der Waals surface area contributed by atoms with Crippen LogP contribution >= 0.6 is 0 Å². The van der Waals surface area contributed by atoms with E-state index in [9.17, 15) is 19.2 Å². The van der Waals surface area contributed by atoms with E-state index in [-0.39, 0.29) is 10.8 Å². The van der Waals surface area contributed by atoms with Crippen LogP contribution in [0.2, 0.25) is 0 Å². The second-order valence-corrected chi connectivity index (χ2v) is 10.1. The predicted molar refractivity (Wildman–Crippen MR) is 142 cm³/mol. The van der Waals surface area contributed by atoms with Crippen LogP contribution < -0.4 is 0 Å². The predicted octanol–water partition coefficient (Wildman–Crippen LogP) is 3.94. The molecule has 0 saturated heterocycles. The molecule has 192 valence electrons. The maximum Gasteiger partial charge on any atom is 0.160 e. The molecule has 8 heteroatoms. The average Bonchev–Trinajstić information content (AvgIpc) is 2.74. The molecular weight excluding hydrogens is 432 g/mol. The normalized spacial score (nSPS) is 14.3. The van der Waals surface area contributed by atoms with E-state index in [2.05, 4.69) is 61.5 Å². The molecule has 0 rings (SSSR count). The van der Waals surface area contributed by atoms with E-state index in [1.807, 2.05) is 0 Å². The highest BCUT2D eigenvalue weighted by Gasteiger charge is 2.21. The van der Waals surface area contributed by atoms with Gasteiger partial charge in [-0.05, 0) is 48.3 Å². The highest BCUT2D eigenvalue weighted by atomic mass is 16.1. The first-order valence-corrected chi connectivity index (χ1v) is 11.8. The summed E-state index contributed by atoms with van der Waals surface area (Å²) in [6.45, 7) is 15.6. The smallest absolute Gasteiger partial charge is 0.160 e. The first-order chi connectivity index (χ1) is 16.0. The van der Waals surface area contributed by atoms with E-state index in [1.165, 1.54) is 24.9 Å². The Labute approximate surface area is 205 Å². The lowest BCUT2D eigenvalue weighted by Crippen LogP contribution is -2.20. The summed E-state index contributed by atoms with van der Waals surface area (Å²) in [5.74, 6) is 0.969. The monoisotopic (exact) mass is 476 g/mol. The molecule has 0 aliphatic rings. The fourth-order valence-corrected chi connectivity index (χ4v) is 3.74. The standard InChI is InChI=1S/2C13H22N2O2/c1-12(11-15-7-9-17)10-13(2,3)4-5-14-6-8-16;1-12(4-5-14-6-8-16)10-13(2,3)11-15-7-9-17/h2*6-9,12H,4-5,10-11H2,1-3H3. The van der Waals surface area contributed by atoms with Crippen LogP contribution in [0.1, 0.15) is 67.2 Å². The van der Waals surface area contributed by atoms with Crippen LogP contribution in [-0.2, 0) is 19.2 Å². The summed E-state index contributed by atoms with van der Waals surface area (Å²) in [4.78, 5) is 56.3. The Morgan fingerprint density at radius 2 is 1.09 bits per heavy atom. The van der Waals surface area contributed by atoms with Gasteiger partial charge in [0.15, 0.2) is 25.1 Å². The van der Waals surface area contributed by atoms with Crippen molar-refractivity contribution in [1.29, 1.82) is 0 Å². The third-order valence-corrected chi connectivity index (χ3v) is 5.07. The van der Waals surface area contributed by atoms with Crippen LogP contribution in [0.4, 0.5) is 0 Å². The molecule has 34 heavy (non-hydrogen) atoms. The minimum absolute atomic E-state index is 0.0906. The fraction of sp³-hybridized carbons (Fsp3) is 0.692. The van der Waals surface area contributed by atoms with Gasteiger partial charge in [-0.3, -0.25) is 39.1 Å². The number of aldehydes is 4. The van der Waals surface area contributed by atoms with E-state index in [0.29, 0.717) is 63.2 Å². The summed E-state index contributed by atoms with van der Waals surface area (Å²) in [6, 6.07) is 0. The lowest BCUT2D eigenvalue weighted by atomic mass is 9.80. The van der Waals surface area contributed by atoms with Crippen molar-refractivity contribution >= 4 is 50.0 Å². The van der Waals surface area contributed by atoms with Crippen LogP contribution in [0.25, 0.3) is 0 Å². The number of rotatable bonds is 18. The largest absolute Gasteiger partial charge is 0.297 e. The van der Waals surface area contributed by atoms with Crippen molar-refractivity contribution in [3.8, 4) is 0 Å². The second-order valence-electron chi connectivity index (χ2n) is 10.1. The molecule has 0 bridgehead atoms. The Morgan fingerprint density at radius 3 is 1.65 bits per heavy atom. The molecule has 0 aromatic carbocycles. The second kappa shape index (κ2) is 20.9. The maximum atomic E-state index is 10.1. The minimum atomic E-state index is 0.0906. The van der Waals surface area contributed by atoms with E-state index in [1.54, 1.807) is 0 Å². The van der Waals surface area contributed by atoms with Gasteiger partial charge in [-0.1, -0.05) is 41.5 Å². The van der Waals surface area contributed by atoms with Crippen molar-refractivity contribution in [2.24, 2.45) is 42.6 Å². The number of hydrogen-bond donors (Lipinski definition) is 0. The third-order valence-electron chi connectivity index (χ3n) is 5.07. The number of nitrogens with zero attached hydrogens (tertiary/aromatic N) is 4. The summed E-state index contributed by atoms with van der Waals surface area (Å²) in [5.41, 5.74) is 0.267. The molecule has 0 N–H and O–H groups in total. The van der Waals surface area contributed by atoms with Gasteiger partial charge in [-0.2, -0.15) is 0 Å². The van der Waals surface area contributed by atoms with E-state index in [0.717, 1.165) is 25.7 Å². The Kier molecular flexibility index (Phi) is 20.6. The van der Waals surface area contributed by atoms with Crippen molar-refractivity contribution in [2.45, 2.75) is 67.2 Å². The van der Waals surface area contributed by atoms with Gasteiger partial charge in [0.1, 0.15) is 0 Å². The highest BCUT2D eigenvalue weighted by molar-refractivity contribution is 6.13. The zero-order chi connectivity index (χ0) is 26.3. The third kappa shape index (κ3) is 24.0. The molecular formula is C26H44N4O4. The van der Waals surface area contributed by atoms with Gasteiger partial charge < -0.3 is 0 Å². The molecule has 0 spiro atoms. The SMILES string of the molecule is CC(CCN=CC=O)CC(C)(C)CN=CC=O.CC(CN=CC=O)CC(C)(C)CCN=CC=O. The zero-order valence-corrected chi connectivity index (χ0v) is 21.9. The zero-order valence-electron chi connectivity index (χ0n) is 21.9. The van der Waals surface area contributed by atoms with Gasteiger partial charge in [0.25, 0.3) is 0 Å². The number of carbonyl (C=O) groups excluding carboxylic acids is 4. The molecule has 0 aliphatic heterocycles. The molecule has 0 heterocycles. The molecule has 8 nitrogen and oxygen atoms in total. The van der Waals surface area contributed by atoms with Crippen LogP contribution in [0.3, 0.4) is 0 Å². The Morgan fingerprint density at radius 1 is 0.618 bits per heavy atom. The molecule has 0 amide bonds. The summed E-state index contributed by atoms with van der Waals surface area (Å²) < 4.78 is 0. The molecule has 2 atom stereocenters. The van der Waals surface area contributed by atoms with Crippen molar-refractivity contribution in [1.82, 2.24) is 0 Å². The topological polar surface area (TPSA) is 118 Å². The number of hydrogen-bond acceptors (Lipinski definition) is 8. The first kappa shape index (κ1) is 33.5. The van der Waals surface area contributed by atoms with Crippen molar-refractivity contribution in [3.05, 3.63) is 0 Å². The molecule has 0 aromatic heterocycles. The maximum absolute atomic E-state index is 10.1. The van der Waals surface area contributed by atoms with E-state index < -0.39 is 0 Å². The first-order valence-electron chi connectivity index (χ1n) is 11.8. The van der Waals surface area contributed by atoms with Crippen LogP contribution in [-0.4, -0.2) is 76.2 Å². The minimum Gasteiger partial charge on any atom is -0.297 e.